The predicted molar refractivity (Wildman–Crippen MR) is 250 cm³/mol. The van der Waals surface area contributed by atoms with E-state index in [0.717, 1.165) is 86.3 Å². The van der Waals surface area contributed by atoms with Crippen LogP contribution < -0.4 is 20.1 Å². The van der Waals surface area contributed by atoms with E-state index in [4.69, 9.17) is 16.9 Å². The van der Waals surface area contributed by atoms with Crippen LogP contribution in [0.15, 0.2) is 114 Å². The van der Waals surface area contributed by atoms with Crippen LogP contribution in [0, 0.1) is 27.9 Å². The highest BCUT2D eigenvalue weighted by Gasteiger charge is 2.50. The summed E-state index contributed by atoms with van der Waals surface area (Å²) in [6.07, 6.45) is 13.7. The summed E-state index contributed by atoms with van der Waals surface area (Å²) in [5.41, 5.74) is 13.1. The predicted octanol–water partition coefficient (Wildman–Crippen LogP) is 9.70. The SMILES string of the molecule is C#Cc1ccc(CN2CCN(C3CC4(CCN(c5ccc(C(=O)NSc6ccc(N)c([N+](=O)[O-])c6)c(Oc6cnc7[nH]ccc7c6)c5)CC4)C3)C(c3ccccc3C(C)C)C2)cc1. The first-order valence-corrected chi connectivity index (χ1v) is 22.5. The molecule has 4 N–H and O–H groups in total. The number of nitrogens with two attached hydrogens (primary N) is 1. The number of piperidine rings is 1. The maximum absolute atomic E-state index is 13.7. The molecule has 3 fully saturated rings. The summed E-state index contributed by atoms with van der Waals surface area (Å²) in [4.78, 5) is 40.6. The molecule has 2 saturated heterocycles. The van der Waals surface area contributed by atoms with Gasteiger partial charge in [-0.15, -0.1) is 6.42 Å². The molecule has 12 nitrogen and oxygen atoms in total. The fourth-order valence-corrected chi connectivity index (χ4v) is 10.5. The largest absolute Gasteiger partial charge is 0.455 e. The topological polar surface area (TPSA) is 146 Å². The number of nitro groups is 1. The van der Waals surface area contributed by atoms with E-state index in [1.54, 1.807) is 18.3 Å². The first-order valence-electron chi connectivity index (χ1n) is 21.7. The van der Waals surface area contributed by atoms with Crippen LogP contribution in [0.3, 0.4) is 0 Å². The number of H-pyrrole nitrogens is 1. The summed E-state index contributed by atoms with van der Waals surface area (Å²) >= 11 is 0.981. The van der Waals surface area contributed by atoms with Crippen LogP contribution in [-0.4, -0.2) is 69.4 Å². The lowest BCUT2D eigenvalue weighted by molar-refractivity contribution is -0.384. The number of pyridine rings is 1. The number of benzene rings is 4. The van der Waals surface area contributed by atoms with Crippen LogP contribution in [-0.2, 0) is 6.54 Å². The lowest BCUT2D eigenvalue weighted by Gasteiger charge is -2.58. The minimum Gasteiger partial charge on any atom is -0.455 e. The number of nitrogens with one attached hydrogen (secondary N) is 2. The van der Waals surface area contributed by atoms with Gasteiger partial charge in [-0.05, 0) is 114 Å². The molecule has 6 aromatic rings. The lowest BCUT2D eigenvalue weighted by atomic mass is 9.59. The maximum Gasteiger partial charge on any atom is 0.293 e. The summed E-state index contributed by atoms with van der Waals surface area (Å²) in [7, 11) is 0. The molecule has 1 amide bonds. The Hall–Kier alpha value is -6.33. The van der Waals surface area contributed by atoms with Crippen molar-refractivity contribution in [3.05, 3.63) is 147 Å². The summed E-state index contributed by atoms with van der Waals surface area (Å²) < 4.78 is 9.27. The zero-order valence-corrected chi connectivity index (χ0v) is 36.4. The molecule has 63 heavy (non-hydrogen) atoms. The normalized spacial score (nSPS) is 18.0. The second-order valence-electron chi connectivity index (χ2n) is 17.5. The first-order chi connectivity index (χ1) is 30.5. The molecule has 4 aromatic carbocycles. The number of nitrogen functional groups attached to an aromatic ring is 1. The van der Waals surface area contributed by atoms with Crippen molar-refractivity contribution in [2.24, 2.45) is 5.41 Å². The van der Waals surface area contributed by atoms with E-state index in [9.17, 15) is 14.9 Å². The number of nitrogens with zero attached hydrogens (tertiary/aromatic N) is 5. The first kappa shape index (κ1) is 42.0. The van der Waals surface area contributed by atoms with Crippen molar-refractivity contribution >= 4 is 46.0 Å². The number of ether oxygens (including phenoxy) is 1. The van der Waals surface area contributed by atoms with Crippen LogP contribution in [0.25, 0.3) is 11.0 Å². The van der Waals surface area contributed by atoms with Crippen LogP contribution in [0.2, 0.25) is 0 Å². The number of amides is 1. The van der Waals surface area contributed by atoms with Crippen molar-refractivity contribution in [2.75, 3.05) is 43.4 Å². The van der Waals surface area contributed by atoms with E-state index in [-0.39, 0.29) is 11.4 Å². The number of rotatable bonds is 12. The molecule has 322 valence electrons. The van der Waals surface area contributed by atoms with Crippen LogP contribution in [0.4, 0.5) is 17.1 Å². The third-order valence-corrected chi connectivity index (χ3v) is 14.1. The molecule has 4 heterocycles. The molecule has 3 aliphatic rings. The smallest absolute Gasteiger partial charge is 0.293 e. The average molecular weight is 861 g/mol. The Kier molecular flexibility index (Phi) is 11.9. The number of aromatic amines is 1. The fourth-order valence-electron chi connectivity index (χ4n) is 9.83. The van der Waals surface area contributed by atoms with Crippen LogP contribution in [0.5, 0.6) is 11.5 Å². The number of carbonyl (C=O) groups excluding carboxylic acids is 1. The van der Waals surface area contributed by atoms with Crippen molar-refractivity contribution < 1.29 is 14.5 Å². The Morgan fingerprint density at radius 2 is 1.83 bits per heavy atom. The number of carbonyl (C=O) groups is 1. The third-order valence-electron chi connectivity index (χ3n) is 13.3. The molecule has 0 radical (unpaired) electrons. The van der Waals surface area contributed by atoms with Crippen LogP contribution >= 0.6 is 11.9 Å². The van der Waals surface area contributed by atoms with E-state index in [2.05, 4.69) is 85.6 Å². The standard InChI is InChI=1S/C50H52N8O4S/c1-4-34-9-11-35(12-10-34)31-55-23-24-57(46(32-55)42-8-6-5-7-41(42)33(2)3)38-28-50(29-38)18-21-56(22-19-50)37-13-15-43(47(26-37)62-39-25-36-17-20-52-48(36)53-30-39)49(59)54-63-40-14-16-44(51)45(27-40)58(60)61/h1,5-17,20,25-27,30,33,38,46H,18-19,21-24,28-29,31-32,51H2,2-3H3,(H,52,53)(H,54,59). The van der Waals surface area contributed by atoms with Crippen molar-refractivity contribution in [3.63, 3.8) is 0 Å². The Morgan fingerprint density at radius 3 is 2.59 bits per heavy atom. The van der Waals surface area contributed by atoms with Gasteiger partial charge in [-0.25, -0.2) is 4.98 Å². The second kappa shape index (κ2) is 17.8. The molecule has 1 unspecified atom stereocenters. The monoisotopic (exact) mass is 860 g/mol. The van der Waals surface area contributed by atoms with Gasteiger partial charge in [0.2, 0.25) is 0 Å². The summed E-state index contributed by atoms with van der Waals surface area (Å²) in [6.45, 7) is 10.4. The van der Waals surface area contributed by atoms with E-state index in [0.29, 0.717) is 45.4 Å². The van der Waals surface area contributed by atoms with Gasteiger partial charge in [0.25, 0.3) is 11.6 Å². The quantitative estimate of drug-likeness (QED) is 0.0358. The molecule has 1 aliphatic carbocycles. The minimum atomic E-state index is -0.539. The zero-order valence-electron chi connectivity index (χ0n) is 35.6. The summed E-state index contributed by atoms with van der Waals surface area (Å²) in [5.74, 6) is 3.68. The Bertz CT molecular complexity index is 2680. The molecule has 1 saturated carbocycles. The Balaban J connectivity index is 0.889. The second-order valence-corrected chi connectivity index (χ2v) is 18.4. The highest BCUT2D eigenvalue weighted by atomic mass is 32.2. The van der Waals surface area contributed by atoms with Gasteiger partial charge < -0.3 is 20.4 Å². The number of hydrogen-bond acceptors (Lipinski definition) is 10. The fraction of sp³-hybridized carbons (Fsp3) is 0.320. The van der Waals surface area contributed by atoms with Crippen molar-refractivity contribution in [3.8, 4) is 23.8 Å². The highest BCUT2D eigenvalue weighted by molar-refractivity contribution is 7.98. The van der Waals surface area contributed by atoms with E-state index < -0.39 is 10.8 Å². The lowest BCUT2D eigenvalue weighted by Crippen LogP contribution is -2.60. The van der Waals surface area contributed by atoms with Gasteiger partial charge in [0, 0.05) is 91.2 Å². The molecular formula is C50H52N8O4S. The van der Waals surface area contributed by atoms with Gasteiger partial charge in [0.05, 0.1) is 16.7 Å². The van der Waals surface area contributed by atoms with E-state index in [1.165, 1.54) is 41.7 Å². The number of piperazine rings is 1. The Morgan fingerprint density at radius 1 is 1.03 bits per heavy atom. The van der Waals surface area contributed by atoms with Gasteiger partial charge in [0.15, 0.2) is 0 Å². The number of fused-ring (bicyclic) bond motifs is 1. The number of hydrogen-bond donors (Lipinski definition) is 3. The average Bonchev–Trinajstić information content (AvgIpc) is 3.76. The van der Waals surface area contributed by atoms with E-state index >= 15 is 0 Å². The van der Waals surface area contributed by atoms with Crippen molar-refractivity contribution in [2.45, 2.75) is 69.0 Å². The van der Waals surface area contributed by atoms with Gasteiger partial charge in [0.1, 0.15) is 22.8 Å². The molecule has 13 heteroatoms. The summed E-state index contributed by atoms with van der Waals surface area (Å²) in [6, 6.07) is 32.3. The highest BCUT2D eigenvalue weighted by Crippen LogP contribution is 2.53. The van der Waals surface area contributed by atoms with Gasteiger partial charge >= 0.3 is 0 Å². The van der Waals surface area contributed by atoms with Gasteiger partial charge in [-0.2, -0.15) is 0 Å². The van der Waals surface area contributed by atoms with Crippen molar-refractivity contribution in [1.29, 1.82) is 0 Å². The zero-order chi connectivity index (χ0) is 43.7. The molecule has 2 aromatic heterocycles. The Labute approximate surface area is 372 Å². The van der Waals surface area contributed by atoms with E-state index in [1.807, 2.05) is 42.6 Å². The number of terminal acetylenes is 1. The number of aromatic nitrogens is 2. The van der Waals surface area contributed by atoms with Gasteiger partial charge in [-0.1, -0.05) is 56.2 Å². The molecule has 1 atom stereocenters. The minimum absolute atomic E-state index is 0.0573. The molecule has 9 rings (SSSR count). The molecule has 2 aliphatic heterocycles. The summed E-state index contributed by atoms with van der Waals surface area (Å²) in [5, 5.41) is 12.4. The third kappa shape index (κ3) is 8.97. The maximum atomic E-state index is 13.7. The molecular weight excluding hydrogens is 809 g/mol. The van der Waals surface area contributed by atoms with Crippen molar-refractivity contribution in [1.82, 2.24) is 24.5 Å². The molecule has 0 bridgehead atoms. The molecule has 1 spiro atoms. The number of nitro benzene ring substituents is 1. The van der Waals surface area contributed by atoms with Gasteiger partial charge in [-0.3, -0.25) is 29.4 Å². The van der Waals surface area contributed by atoms with Crippen LogP contribution in [0.1, 0.15) is 84.1 Å². The number of anilines is 2.